The van der Waals surface area contributed by atoms with E-state index in [1.165, 1.54) is 19.3 Å². The predicted molar refractivity (Wildman–Crippen MR) is 62.2 cm³/mol. The molecule has 0 aromatic rings. The molecule has 14 heavy (non-hydrogen) atoms. The van der Waals surface area contributed by atoms with Crippen LogP contribution >= 0.6 is 15.9 Å². The number of halogens is 1. The zero-order valence-electron chi connectivity index (χ0n) is 9.15. The van der Waals surface area contributed by atoms with Crippen LogP contribution < -0.4 is 0 Å². The maximum Gasteiger partial charge on any atom is 0.0558 e. The molecule has 0 amide bonds. The summed E-state index contributed by atoms with van der Waals surface area (Å²) in [5.74, 6) is 8.82. The van der Waals surface area contributed by atoms with E-state index in [0.29, 0.717) is 9.74 Å². The van der Waals surface area contributed by atoms with Gasteiger partial charge in [-0.3, -0.25) is 0 Å². The number of hydrogen-bond donors (Lipinski definition) is 0. The molecule has 0 bridgehead atoms. The van der Waals surface area contributed by atoms with Crippen LogP contribution in [0.3, 0.4) is 0 Å². The van der Waals surface area contributed by atoms with E-state index in [-0.39, 0.29) is 5.41 Å². The highest BCUT2D eigenvalue weighted by Crippen LogP contribution is 2.94. The minimum Gasteiger partial charge on any atom is -0.0967 e. The van der Waals surface area contributed by atoms with Crippen molar-refractivity contribution in [2.24, 2.45) is 22.7 Å². The Hall–Kier alpha value is 0.0400. The van der Waals surface area contributed by atoms with Gasteiger partial charge in [0.15, 0.2) is 0 Å². The minimum absolute atomic E-state index is 0.169. The standard InChI is InChI=1S/C13H17Br/c1-11(2,3)7-8-12-9-5-4-6-10(12)13(9,12)14/h9-10H,4-6H2,1-3H3. The van der Waals surface area contributed by atoms with Crippen LogP contribution in [-0.2, 0) is 0 Å². The summed E-state index contributed by atoms with van der Waals surface area (Å²) in [4.78, 5) is 0. The van der Waals surface area contributed by atoms with Crippen LogP contribution in [0.2, 0.25) is 0 Å². The molecule has 0 aliphatic heterocycles. The van der Waals surface area contributed by atoms with Crippen LogP contribution in [0.25, 0.3) is 0 Å². The highest BCUT2D eigenvalue weighted by molar-refractivity contribution is 9.10. The van der Waals surface area contributed by atoms with E-state index in [1.807, 2.05) is 0 Å². The first kappa shape index (κ1) is 9.28. The highest BCUT2D eigenvalue weighted by atomic mass is 79.9. The van der Waals surface area contributed by atoms with Gasteiger partial charge in [0, 0.05) is 5.41 Å². The molecule has 76 valence electrons. The summed E-state index contributed by atoms with van der Waals surface area (Å²) in [6, 6.07) is 0. The normalized spacial score (nSPS) is 52.9. The molecule has 3 rings (SSSR count). The van der Waals surface area contributed by atoms with Gasteiger partial charge in [0.05, 0.1) is 9.74 Å². The van der Waals surface area contributed by atoms with Crippen LogP contribution in [-0.4, -0.2) is 4.32 Å². The van der Waals surface area contributed by atoms with Gasteiger partial charge in [-0.05, 0) is 45.4 Å². The second-order valence-electron chi connectivity index (χ2n) is 6.17. The molecule has 0 heterocycles. The van der Waals surface area contributed by atoms with Crippen LogP contribution in [0.4, 0.5) is 0 Å². The van der Waals surface area contributed by atoms with E-state index >= 15 is 0 Å². The van der Waals surface area contributed by atoms with Gasteiger partial charge in [0.2, 0.25) is 0 Å². The summed E-state index contributed by atoms with van der Waals surface area (Å²) in [5, 5.41) is 0. The Morgan fingerprint density at radius 2 is 1.79 bits per heavy atom. The lowest BCUT2D eigenvalue weighted by atomic mass is 9.82. The van der Waals surface area contributed by atoms with Crippen molar-refractivity contribution in [2.75, 3.05) is 0 Å². The zero-order chi connectivity index (χ0) is 10.2. The van der Waals surface area contributed by atoms with Gasteiger partial charge in [-0.2, -0.15) is 0 Å². The Morgan fingerprint density at radius 3 is 2.21 bits per heavy atom. The molecule has 0 spiro atoms. The van der Waals surface area contributed by atoms with Crippen LogP contribution in [0, 0.1) is 34.5 Å². The second-order valence-corrected chi connectivity index (χ2v) is 7.49. The van der Waals surface area contributed by atoms with Crippen molar-refractivity contribution >= 4 is 15.9 Å². The fourth-order valence-corrected chi connectivity index (χ4v) is 5.08. The van der Waals surface area contributed by atoms with E-state index in [1.54, 1.807) is 0 Å². The molecule has 0 N–H and O–H groups in total. The van der Waals surface area contributed by atoms with E-state index in [4.69, 9.17) is 0 Å². The topological polar surface area (TPSA) is 0 Å². The number of alkyl halides is 1. The van der Waals surface area contributed by atoms with Crippen molar-refractivity contribution in [1.82, 2.24) is 0 Å². The van der Waals surface area contributed by atoms with Gasteiger partial charge in [0.1, 0.15) is 0 Å². The first-order chi connectivity index (χ1) is 6.43. The van der Waals surface area contributed by atoms with Gasteiger partial charge in [-0.25, -0.2) is 0 Å². The fraction of sp³-hybridized carbons (Fsp3) is 0.846. The van der Waals surface area contributed by atoms with E-state index in [2.05, 4.69) is 48.5 Å². The maximum atomic E-state index is 3.93. The summed E-state index contributed by atoms with van der Waals surface area (Å²) in [6.45, 7) is 6.60. The summed E-state index contributed by atoms with van der Waals surface area (Å²) in [7, 11) is 0. The molecule has 3 saturated carbocycles. The lowest BCUT2D eigenvalue weighted by Gasteiger charge is -2.23. The van der Waals surface area contributed by atoms with Crippen molar-refractivity contribution in [3.05, 3.63) is 0 Å². The summed E-state index contributed by atoms with van der Waals surface area (Å²) >= 11 is 3.93. The van der Waals surface area contributed by atoms with Crippen LogP contribution in [0.5, 0.6) is 0 Å². The van der Waals surface area contributed by atoms with E-state index < -0.39 is 0 Å². The third-order valence-corrected chi connectivity index (χ3v) is 5.97. The van der Waals surface area contributed by atoms with Gasteiger partial charge >= 0.3 is 0 Å². The van der Waals surface area contributed by atoms with Crippen molar-refractivity contribution in [1.29, 1.82) is 0 Å². The number of hydrogen-bond acceptors (Lipinski definition) is 0. The lowest BCUT2D eigenvalue weighted by molar-refractivity contribution is 0.318. The smallest absolute Gasteiger partial charge is 0.0558 e. The Labute approximate surface area is 95.0 Å². The fourth-order valence-electron chi connectivity index (χ4n) is 3.48. The number of rotatable bonds is 0. The van der Waals surface area contributed by atoms with Crippen LogP contribution in [0.1, 0.15) is 40.0 Å². The zero-order valence-corrected chi connectivity index (χ0v) is 10.7. The van der Waals surface area contributed by atoms with E-state index in [9.17, 15) is 0 Å². The molecule has 0 aromatic carbocycles. The van der Waals surface area contributed by atoms with Gasteiger partial charge < -0.3 is 0 Å². The highest BCUT2D eigenvalue weighted by Gasteiger charge is 2.97. The average molecular weight is 253 g/mol. The monoisotopic (exact) mass is 252 g/mol. The van der Waals surface area contributed by atoms with Crippen molar-refractivity contribution in [3.8, 4) is 11.8 Å². The minimum atomic E-state index is 0.169. The molecule has 1 heteroatoms. The first-order valence-corrected chi connectivity index (χ1v) is 6.45. The Kier molecular flexibility index (Phi) is 1.49. The second kappa shape index (κ2) is 2.24. The largest absolute Gasteiger partial charge is 0.0967 e. The molecule has 3 aliphatic rings. The first-order valence-electron chi connectivity index (χ1n) is 5.66. The molecule has 2 unspecified atom stereocenters. The molecule has 3 aliphatic carbocycles. The third kappa shape index (κ3) is 0.830. The van der Waals surface area contributed by atoms with Crippen LogP contribution in [0.15, 0.2) is 0 Å². The molecule has 0 nitrogen and oxygen atoms in total. The Morgan fingerprint density at radius 1 is 1.21 bits per heavy atom. The molecule has 0 aromatic heterocycles. The summed E-state index contributed by atoms with van der Waals surface area (Å²) in [5.41, 5.74) is 0.598. The number of fused-ring (bicyclic) bond motifs is 2. The predicted octanol–water partition coefficient (Wildman–Crippen LogP) is 3.60. The third-order valence-electron chi connectivity index (χ3n) is 4.21. The van der Waals surface area contributed by atoms with Gasteiger partial charge in [-0.15, -0.1) is 0 Å². The maximum absolute atomic E-state index is 3.93. The molecule has 0 radical (unpaired) electrons. The average Bonchev–Trinajstić information content (AvgIpc) is 2.86. The van der Waals surface area contributed by atoms with Gasteiger partial charge in [-0.1, -0.05) is 34.2 Å². The lowest BCUT2D eigenvalue weighted by Crippen LogP contribution is -2.19. The summed E-state index contributed by atoms with van der Waals surface area (Å²) in [6.07, 6.45) is 4.24. The van der Waals surface area contributed by atoms with E-state index in [0.717, 1.165) is 11.8 Å². The molecule has 3 fully saturated rings. The Balaban J connectivity index is 1.86. The Bertz CT molecular complexity index is 338. The molecular formula is C13H17Br. The van der Waals surface area contributed by atoms with Crippen molar-refractivity contribution in [3.63, 3.8) is 0 Å². The SMILES string of the molecule is CC(C)(C)C#CC12C3CCCC1C32Br. The van der Waals surface area contributed by atoms with Crippen molar-refractivity contribution in [2.45, 2.75) is 44.4 Å². The molecular weight excluding hydrogens is 236 g/mol. The molecule has 2 atom stereocenters. The quantitative estimate of drug-likeness (QED) is 0.457. The molecule has 0 saturated heterocycles. The van der Waals surface area contributed by atoms with Gasteiger partial charge in [0.25, 0.3) is 0 Å². The summed E-state index contributed by atoms with van der Waals surface area (Å²) < 4.78 is 0.483. The van der Waals surface area contributed by atoms with Crippen molar-refractivity contribution < 1.29 is 0 Å².